The fourth-order valence-corrected chi connectivity index (χ4v) is 4.71. The molecule has 0 fully saturated rings. The molecule has 3 rings (SSSR count). The summed E-state index contributed by atoms with van der Waals surface area (Å²) in [6.45, 7) is 3.79. The van der Waals surface area contributed by atoms with Crippen LogP contribution >= 0.6 is 11.3 Å². The van der Waals surface area contributed by atoms with E-state index in [0.717, 1.165) is 16.9 Å². The number of sulfonamides is 1. The maximum absolute atomic E-state index is 12.6. The number of hydrogen-bond donors (Lipinski definition) is 2. The van der Waals surface area contributed by atoms with E-state index in [1.165, 1.54) is 19.1 Å². The number of fused-ring (bicyclic) bond motifs is 1. The third-order valence-electron chi connectivity index (χ3n) is 3.72. The molecule has 0 bridgehead atoms. The quantitative estimate of drug-likeness (QED) is 0.699. The highest BCUT2D eigenvalue weighted by atomic mass is 32.2. The van der Waals surface area contributed by atoms with Gasteiger partial charge in [0.1, 0.15) is 0 Å². The second-order valence-electron chi connectivity index (χ2n) is 5.61. The van der Waals surface area contributed by atoms with Crippen LogP contribution < -0.4 is 14.9 Å². The molecule has 0 aliphatic rings. The first-order chi connectivity index (χ1) is 12.3. The summed E-state index contributed by atoms with van der Waals surface area (Å²) in [6.07, 6.45) is 0. The number of carbonyl (C=O) groups is 1. The molecule has 0 spiro atoms. The van der Waals surface area contributed by atoms with E-state index in [1.807, 2.05) is 6.92 Å². The van der Waals surface area contributed by atoms with Gasteiger partial charge < -0.3 is 5.32 Å². The Morgan fingerprint density at radius 1 is 1.12 bits per heavy atom. The number of benzene rings is 2. The van der Waals surface area contributed by atoms with Gasteiger partial charge in [0, 0.05) is 24.8 Å². The smallest absolute Gasteiger partial charge is 0.308 e. The van der Waals surface area contributed by atoms with Gasteiger partial charge in [0.05, 0.1) is 15.1 Å². The average Bonchev–Trinajstić information content (AvgIpc) is 2.90. The number of amides is 1. The molecule has 0 aliphatic carbocycles. The van der Waals surface area contributed by atoms with Crippen molar-refractivity contribution in [1.82, 2.24) is 4.57 Å². The summed E-state index contributed by atoms with van der Waals surface area (Å²) in [4.78, 5) is 22.9. The zero-order valence-electron chi connectivity index (χ0n) is 14.1. The van der Waals surface area contributed by atoms with Crippen LogP contribution in [0.1, 0.15) is 13.8 Å². The van der Waals surface area contributed by atoms with E-state index >= 15 is 0 Å². The number of aryl methyl sites for hydroxylation is 1. The van der Waals surface area contributed by atoms with Crippen LogP contribution in [0.4, 0.5) is 11.4 Å². The Labute approximate surface area is 154 Å². The molecular weight excluding hydrogens is 374 g/mol. The molecule has 1 heterocycles. The summed E-state index contributed by atoms with van der Waals surface area (Å²) < 4.78 is 29.9. The van der Waals surface area contributed by atoms with Crippen LogP contribution in [0.5, 0.6) is 0 Å². The summed E-state index contributed by atoms with van der Waals surface area (Å²) in [5.74, 6) is -0.204. The number of rotatable bonds is 5. The highest BCUT2D eigenvalue weighted by Crippen LogP contribution is 2.24. The third kappa shape index (κ3) is 3.63. The molecule has 3 aromatic rings. The van der Waals surface area contributed by atoms with E-state index in [-0.39, 0.29) is 15.7 Å². The number of hydrogen-bond acceptors (Lipinski definition) is 5. The fraction of sp³-hybridized carbons (Fsp3) is 0.176. The monoisotopic (exact) mass is 391 g/mol. The van der Waals surface area contributed by atoms with Gasteiger partial charge >= 0.3 is 4.87 Å². The van der Waals surface area contributed by atoms with Crippen molar-refractivity contribution in [3.05, 3.63) is 52.1 Å². The largest absolute Gasteiger partial charge is 0.326 e. The maximum atomic E-state index is 12.6. The van der Waals surface area contributed by atoms with Gasteiger partial charge in [0.2, 0.25) is 5.91 Å². The van der Waals surface area contributed by atoms with E-state index in [9.17, 15) is 18.0 Å². The molecule has 0 unspecified atom stereocenters. The summed E-state index contributed by atoms with van der Waals surface area (Å²) in [7, 11) is -3.79. The predicted octanol–water partition coefficient (Wildman–Crippen LogP) is 2.84. The zero-order chi connectivity index (χ0) is 18.9. The summed E-state index contributed by atoms with van der Waals surface area (Å²) in [5, 5.41) is 2.61. The van der Waals surface area contributed by atoms with E-state index < -0.39 is 10.0 Å². The van der Waals surface area contributed by atoms with Crippen molar-refractivity contribution in [2.24, 2.45) is 0 Å². The molecule has 0 saturated carbocycles. The molecule has 0 atom stereocenters. The van der Waals surface area contributed by atoms with Gasteiger partial charge in [0.15, 0.2) is 0 Å². The second-order valence-corrected chi connectivity index (χ2v) is 8.28. The Morgan fingerprint density at radius 2 is 1.77 bits per heavy atom. The molecule has 2 aromatic carbocycles. The minimum atomic E-state index is -3.79. The van der Waals surface area contributed by atoms with Crippen molar-refractivity contribution in [3.63, 3.8) is 0 Å². The van der Waals surface area contributed by atoms with Crippen molar-refractivity contribution >= 4 is 48.9 Å². The molecule has 26 heavy (non-hydrogen) atoms. The van der Waals surface area contributed by atoms with E-state index in [1.54, 1.807) is 34.9 Å². The summed E-state index contributed by atoms with van der Waals surface area (Å²) in [5.41, 5.74) is 1.67. The Balaban J connectivity index is 1.89. The first kappa shape index (κ1) is 18.2. The van der Waals surface area contributed by atoms with E-state index in [2.05, 4.69) is 10.0 Å². The van der Waals surface area contributed by atoms with Crippen LogP contribution in [-0.2, 0) is 21.4 Å². The molecule has 0 saturated heterocycles. The molecule has 1 aromatic heterocycles. The van der Waals surface area contributed by atoms with Crippen LogP contribution in [0.3, 0.4) is 0 Å². The Kier molecular flexibility index (Phi) is 4.84. The molecule has 0 aliphatic heterocycles. The highest BCUT2D eigenvalue weighted by Gasteiger charge is 2.17. The highest BCUT2D eigenvalue weighted by molar-refractivity contribution is 7.92. The van der Waals surface area contributed by atoms with Gasteiger partial charge in [-0.1, -0.05) is 11.3 Å². The number of carbonyl (C=O) groups excluding carboxylic acids is 1. The molecule has 1 amide bonds. The van der Waals surface area contributed by atoms with Crippen LogP contribution in [0.15, 0.2) is 52.2 Å². The van der Waals surface area contributed by atoms with E-state index in [4.69, 9.17) is 0 Å². The molecule has 0 radical (unpaired) electrons. The van der Waals surface area contributed by atoms with Crippen LogP contribution in [0.25, 0.3) is 10.2 Å². The maximum Gasteiger partial charge on any atom is 0.308 e. The third-order valence-corrected chi connectivity index (χ3v) is 6.04. The molecule has 136 valence electrons. The summed E-state index contributed by atoms with van der Waals surface area (Å²) >= 11 is 1.02. The lowest BCUT2D eigenvalue weighted by molar-refractivity contribution is -0.114. The lowest BCUT2D eigenvalue weighted by Gasteiger charge is -2.09. The Morgan fingerprint density at radius 3 is 2.38 bits per heavy atom. The first-order valence-corrected chi connectivity index (χ1v) is 10.1. The van der Waals surface area contributed by atoms with Gasteiger partial charge in [-0.2, -0.15) is 0 Å². The molecular formula is C17H17N3O4S2. The number of anilines is 2. The van der Waals surface area contributed by atoms with Crippen molar-refractivity contribution in [1.29, 1.82) is 0 Å². The van der Waals surface area contributed by atoms with Gasteiger partial charge in [-0.05, 0) is 49.4 Å². The van der Waals surface area contributed by atoms with Gasteiger partial charge in [-0.3, -0.25) is 18.9 Å². The van der Waals surface area contributed by atoms with Gasteiger partial charge in [-0.15, -0.1) is 0 Å². The Hall–Kier alpha value is -2.65. The van der Waals surface area contributed by atoms with Gasteiger partial charge in [0.25, 0.3) is 10.0 Å². The van der Waals surface area contributed by atoms with Gasteiger partial charge in [-0.25, -0.2) is 8.42 Å². The lowest BCUT2D eigenvalue weighted by Crippen LogP contribution is -2.13. The summed E-state index contributed by atoms with van der Waals surface area (Å²) in [6, 6.07) is 11.0. The van der Waals surface area contributed by atoms with E-state index in [0.29, 0.717) is 22.6 Å². The number of nitrogens with zero attached hydrogens (tertiary/aromatic N) is 1. The normalized spacial score (nSPS) is 11.5. The van der Waals surface area contributed by atoms with Crippen LogP contribution in [0, 0.1) is 0 Å². The number of thiazole rings is 1. The lowest BCUT2D eigenvalue weighted by atomic mass is 10.3. The topological polar surface area (TPSA) is 97.3 Å². The van der Waals surface area contributed by atoms with Crippen molar-refractivity contribution in [3.8, 4) is 0 Å². The first-order valence-electron chi connectivity index (χ1n) is 7.84. The van der Waals surface area contributed by atoms with Crippen molar-refractivity contribution < 1.29 is 13.2 Å². The van der Waals surface area contributed by atoms with Crippen LogP contribution in [0.2, 0.25) is 0 Å². The molecule has 2 N–H and O–H groups in total. The Bertz CT molecular complexity index is 1130. The molecule has 9 heteroatoms. The number of aromatic nitrogens is 1. The minimum absolute atomic E-state index is 0.0837. The zero-order valence-corrected chi connectivity index (χ0v) is 15.8. The molecule has 7 nitrogen and oxygen atoms in total. The fourth-order valence-electron chi connectivity index (χ4n) is 2.55. The minimum Gasteiger partial charge on any atom is -0.326 e. The average molecular weight is 391 g/mol. The van der Waals surface area contributed by atoms with Crippen molar-refractivity contribution in [2.45, 2.75) is 25.3 Å². The second kappa shape index (κ2) is 6.93. The van der Waals surface area contributed by atoms with Crippen molar-refractivity contribution in [2.75, 3.05) is 10.0 Å². The standard InChI is InChI=1S/C17H17N3O4S2/c1-3-20-15-9-8-14(10-16(15)25-17(20)22)26(23,24)19-13-6-4-12(5-7-13)18-11(2)21/h4-10,19H,3H2,1-2H3,(H,18,21). The number of nitrogens with one attached hydrogen (secondary N) is 2. The van der Waals surface area contributed by atoms with Crippen LogP contribution in [-0.4, -0.2) is 18.9 Å². The predicted molar refractivity (Wildman–Crippen MR) is 103 cm³/mol. The SMILES string of the molecule is CCn1c(=O)sc2cc(S(=O)(=O)Nc3ccc(NC(C)=O)cc3)ccc21.